The summed E-state index contributed by atoms with van der Waals surface area (Å²) in [6.45, 7) is 1.85. The molecule has 1 aromatic carbocycles. The van der Waals surface area contributed by atoms with Gasteiger partial charge in [0.05, 0.1) is 12.6 Å². The van der Waals surface area contributed by atoms with E-state index in [1.54, 1.807) is 25.4 Å². The van der Waals surface area contributed by atoms with Crippen LogP contribution in [0.1, 0.15) is 5.56 Å². The molecule has 0 aliphatic carbocycles. The number of hydrogen-bond acceptors (Lipinski definition) is 3. The average molecular weight is 189 g/mol. The van der Waals surface area contributed by atoms with Crippen LogP contribution in [0, 0.1) is 6.92 Å². The van der Waals surface area contributed by atoms with Crippen LogP contribution in [0.25, 0.3) is 10.9 Å². The predicted molar refractivity (Wildman–Crippen MR) is 54.7 cm³/mol. The van der Waals surface area contributed by atoms with Crippen LogP contribution >= 0.6 is 0 Å². The number of fused-ring (bicyclic) bond motifs is 1. The molecule has 0 amide bonds. The molecule has 0 aliphatic heterocycles. The minimum Gasteiger partial charge on any atom is -0.508 e. The van der Waals surface area contributed by atoms with Gasteiger partial charge in [-0.3, -0.25) is 4.98 Å². The van der Waals surface area contributed by atoms with Gasteiger partial charge in [0.2, 0.25) is 0 Å². The van der Waals surface area contributed by atoms with Crippen molar-refractivity contribution in [2.24, 2.45) is 0 Å². The van der Waals surface area contributed by atoms with Gasteiger partial charge in [-0.2, -0.15) is 0 Å². The summed E-state index contributed by atoms with van der Waals surface area (Å²) in [5, 5.41) is 10.4. The average Bonchev–Trinajstić information content (AvgIpc) is 2.19. The van der Waals surface area contributed by atoms with E-state index >= 15 is 0 Å². The van der Waals surface area contributed by atoms with Crippen molar-refractivity contribution >= 4 is 10.9 Å². The molecule has 0 fully saturated rings. The van der Waals surface area contributed by atoms with Gasteiger partial charge in [-0.05, 0) is 24.6 Å². The number of nitrogens with zero attached hydrogens (tertiary/aromatic N) is 1. The molecule has 3 heteroatoms. The Labute approximate surface area is 82.0 Å². The van der Waals surface area contributed by atoms with E-state index in [9.17, 15) is 5.11 Å². The largest absolute Gasteiger partial charge is 0.508 e. The Hall–Kier alpha value is -1.77. The monoisotopic (exact) mass is 189 g/mol. The molecule has 0 saturated carbocycles. The number of pyridine rings is 1. The van der Waals surface area contributed by atoms with Gasteiger partial charge < -0.3 is 9.84 Å². The zero-order chi connectivity index (χ0) is 10.1. The van der Waals surface area contributed by atoms with E-state index in [2.05, 4.69) is 4.98 Å². The van der Waals surface area contributed by atoms with E-state index in [0.29, 0.717) is 0 Å². The summed E-state index contributed by atoms with van der Waals surface area (Å²) < 4.78 is 5.20. The number of phenols is 1. The maximum absolute atomic E-state index is 9.50. The van der Waals surface area contributed by atoms with Gasteiger partial charge in [-0.1, -0.05) is 0 Å². The molecule has 2 aromatic rings. The van der Waals surface area contributed by atoms with Crippen molar-refractivity contribution in [2.45, 2.75) is 6.92 Å². The van der Waals surface area contributed by atoms with Crippen molar-refractivity contribution in [1.82, 2.24) is 4.98 Å². The third-order valence-corrected chi connectivity index (χ3v) is 2.24. The van der Waals surface area contributed by atoms with Crippen LogP contribution in [0.5, 0.6) is 11.5 Å². The first-order chi connectivity index (χ1) is 6.72. The molecule has 0 bridgehead atoms. The summed E-state index contributed by atoms with van der Waals surface area (Å²) in [7, 11) is 1.62. The highest BCUT2D eigenvalue weighted by Crippen LogP contribution is 2.28. The van der Waals surface area contributed by atoms with Gasteiger partial charge in [0.25, 0.3) is 0 Å². The lowest BCUT2D eigenvalue weighted by atomic mass is 10.1. The molecule has 1 aromatic heterocycles. The Balaban J connectivity index is 2.81. The molecule has 2 rings (SSSR count). The molecule has 0 radical (unpaired) electrons. The highest BCUT2D eigenvalue weighted by atomic mass is 16.5. The van der Waals surface area contributed by atoms with Crippen LogP contribution in [-0.4, -0.2) is 17.2 Å². The molecule has 72 valence electrons. The molecule has 0 atom stereocenters. The second-order valence-corrected chi connectivity index (χ2v) is 3.17. The molecule has 1 N–H and O–H groups in total. The number of aromatic nitrogens is 1. The number of phenolic OH excluding ortho intramolecular Hbond substituents is 1. The van der Waals surface area contributed by atoms with E-state index < -0.39 is 0 Å². The predicted octanol–water partition coefficient (Wildman–Crippen LogP) is 2.26. The zero-order valence-electron chi connectivity index (χ0n) is 8.11. The lowest BCUT2D eigenvalue weighted by molar-refractivity contribution is 0.419. The van der Waals surface area contributed by atoms with Crippen LogP contribution in [-0.2, 0) is 0 Å². The lowest BCUT2D eigenvalue weighted by Crippen LogP contribution is -1.87. The third kappa shape index (κ3) is 1.27. The molecule has 0 saturated heterocycles. The summed E-state index contributed by atoms with van der Waals surface area (Å²) in [5.41, 5.74) is 1.57. The van der Waals surface area contributed by atoms with Gasteiger partial charge in [0.1, 0.15) is 11.5 Å². The standard InChI is InChI=1S/C11H11NO2/c1-7-5-8-9(6-10(7)13)12-4-3-11(8)14-2/h3-6,13H,1-2H3. The Morgan fingerprint density at radius 2 is 2.14 bits per heavy atom. The van der Waals surface area contributed by atoms with Crippen molar-refractivity contribution in [2.75, 3.05) is 7.11 Å². The van der Waals surface area contributed by atoms with Gasteiger partial charge >= 0.3 is 0 Å². The molecule has 0 aliphatic rings. The molecular weight excluding hydrogens is 178 g/mol. The normalized spacial score (nSPS) is 10.4. The van der Waals surface area contributed by atoms with E-state index in [-0.39, 0.29) is 5.75 Å². The van der Waals surface area contributed by atoms with E-state index in [0.717, 1.165) is 22.2 Å². The van der Waals surface area contributed by atoms with Crippen LogP contribution in [0.3, 0.4) is 0 Å². The molecule has 0 unspecified atom stereocenters. The number of benzene rings is 1. The van der Waals surface area contributed by atoms with Gasteiger partial charge in [-0.25, -0.2) is 0 Å². The number of aryl methyl sites for hydroxylation is 1. The first-order valence-corrected chi connectivity index (χ1v) is 4.34. The molecule has 0 spiro atoms. The summed E-state index contributed by atoms with van der Waals surface area (Å²) in [5.74, 6) is 1.04. The molecule has 1 heterocycles. The maximum Gasteiger partial charge on any atom is 0.129 e. The summed E-state index contributed by atoms with van der Waals surface area (Å²) in [6, 6.07) is 5.32. The minimum absolute atomic E-state index is 0.262. The molecule has 14 heavy (non-hydrogen) atoms. The van der Waals surface area contributed by atoms with Gasteiger partial charge in [0, 0.05) is 17.6 Å². The Morgan fingerprint density at radius 1 is 1.36 bits per heavy atom. The smallest absolute Gasteiger partial charge is 0.129 e. The summed E-state index contributed by atoms with van der Waals surface area (Å²) in [6.07, 6.45) is 1.66. The molecular formula is C11H11NO2. The minimum atomic E-state index is 0.262. The Morgan fingerprint density at radius 3 is 2.86 bits per heavy atom. The maximum atomic E-state index is 9.50. The Kier molecular flexibility index (Phi) is 2.00. The highest BCUT2D eigenvalue weighted by molar-refractivity contribution is 5.86. The van der Waals surface area contributed by atoms with Gasteiger partial charge in [-0.15, -0.1) is 0 Å². The SMILES string of the molecule is COc1ccnc2cc(O)c(C)cc12. The van der Waals surface area contributed by atoms with Crippen molar-refractivity contribution in [3.63, 3.8) is 0 Å². The highest BCUT2D eigenvalue weighted by Gasteiger charge is 2.05. The van der Waals surface area contributed by atoms with Crippen LogP contribution in [0.2, 0.25) is 0 Å². The fourth-order valence-electron chi connectivity index (χ4n) is 1.44. The second kappa shape index (κ2) is 3.18. The quantitative estimate of drug-likeness (QED) is 0.748. The number of hydrogen-bond donors (Lipinski definition) is 1. The second-order valence-electron chi connectivity index (χ2n) is 3.17. The first kappa shape index (κ1) is 8.81. The number of ether oxygens (including phenoxy) is 1. The number of rotatable bonds is 1. The van der Waals surface area contributed by atoms with Crippen molar-refractivity contribution in [1.29, 1.82) is 0 Å². The lowest BCUT2D eigenvalue weighted by Gasteiger charge is -2.06. The molecule has 3 nitrogen and oxygen atoms in total. The fourth-order valence-corrected chi connectivity index (χ4v) is 1.44. The van der Waals surface area contributed by atoms with Crippen LogP contribution < -0.4 is 4.74 Å². The van der Waals surface area contributed by atoms with E-state index in [4.69, 9.17) is 4.74 Å². The van der Waals surface area contributed by atoms with Gasteiger partial charge in [0.15, 0.2) is 0 Å². The number of aromatic hydroxyl groups is 1. The first-order valence-electron chi connectivity index (χ1n) is 4.34. The van der Waals surface area contributed by atoms with Crippen molar-refractivity contribution in [3.8, 4) is 11.5 Å². The Bertz CT molecular complexity index is 480. The zero-order valence-corrected chi connectivity index (χ0v) is 8.11. The van der Waals surface area contributed by atoms with E-state index in [1.807, 2.05) is 13.0 Å². The summed E-state index contributed by atoms with van der Waals surface area (Å²) in [4.78, 5) is 4.15. The van der Waals surface area contributed by atoms with Crippen molar-refractivity contribution < 1.29 is 9.84 Å². The fraction of sp³-hybridized carbons (Fsp3) is 0.182. The van der Waals surface area contributed by atoms with Crippen molar-refractivity contribution in [3.05, 3.63) is 30.0 Å². The van der Waals surface area contributed by atoms with Crippen LogP contribution in [0.15, 0.2) is 24.4 Å². The van der Waals surface area contributed by atoms with Crippen LogP contribution in [0.4, 0.5) is 0 Å². The summed E-state index contributed by atoms with van der Waals surface area (Å²) >= 11 is 0. The van der Waals surface area contributed by atoms with E-state index in [1.165, 1.54) is 0 Å². The third-order valence-electron chi connectivity index (χ3n) is 2.24. The topological polar surface area (TPSA) is 42.4 Å². The number of methoxy groups -OCH3 is 1.